The number of hydrogen-bond acceptors (Lipinski definition) is 6. The summed E-state index contributed by atoms with van der Waals surface area (Å²) >= 11 is 0. The quantitative estimate of drug-likeness (QED) is 0.633. The van der Waals surface area contributed by atoms with Crippen molar-refractivity contribution in [2.24, 2.45) is 0 Å². The highest BCUT2D eigenvalue weighted by Gasteiger charge is 2.19. The van der Waals surface area contributed by atoms with Gasteiger partial charge in [-0.1, -0.05) is 18.2 Å². The highest BCUT2D eigenvalue weighted by Crippen LogP contribution is 2.15. The number of benzene rings is 2. The summed E-state index contributed by atoms with van der Waals surface area (Å²) in [6.07, 6.45) is 0. The van der Waals surface area contributed by atoms with Crippen molar-refractivity contribution in [3.63, 3.8) is 0 Å². The number of carbonyl (C=O) groups is 2. The Kier molecular flexibility index (Phi) is 6.01. The number of para-hydroxylation sites is 1. The van der Waals surface area contributed by atoms with Crippen LogP contribution >= 0.6 is 0 Å². The number of aromatic nitrogens is 3. The van der Waals surface area contributed by atoms with Crippen LogP contribution in [-0.2, 0) is 9.53 Å². The summed E-state index contributed by atoms with van der Waals surface area (Å²) < 4.78 is 10.4. The minimum absolute atomic E-state index is 0.0673. The average Bonchev–Trinajstić information content (AvgIpc) is 3.10. The lowest BCUT2D eigenvalue weighted by Crippen LogP contribution is -2.21. The van der Waals surface area contributed by atoms with E-state index in [0.717, 1.165) is 5.69 Å². The molecule has 0 bridgehead atoms. The maximum Gasteiger partial charge on any atom is 0.361 e. The smallest absolute Gasteiger partial charge is 0.361 e. The van der Waals surface area contributed by atoms with Crippen molar-refractivity contribution < 1.29 is 19.1 Å². The minimum Gasteiger partial charge on any atom is -0.494 e. The number of carbonyl (C=O) groups excluding carboxylic acids is 2. The Balaban J connectivity index is 1.56. The average molecular weight is 380 g/mol. The molecule has 1 amide bonds. The molecule has 0 spiro atoms. The van der Waals surface area contributed by atoms with Crippen molar-refractivity contribution in [3.8, 4) is 11.4 Å². The van der Waals surface area contributed by atoms with Crippen LogP contribution in [0.3, 0.4) is 0 Å². The van der Waals surface area contributed by atoms with Gasteiger partial charge >= 0.3 is 5.97 Å². The van der Waals surface area contributed by atoms with Crippen LogP contribution in [0, 0.1) is 6.92 Å². The van der Waals surface area contributed by atoms with E-state index in [4.69, 9.17) is 9.47 Å². The molecule has 1 heterocycles. The van der Waals surface area contributed by atoms with Crippen LogP contribution in [0.1, 0.15) is 23.1 Å². The predicted octanol–water partition coefficient (Wildman–Crippen LogP) is 2.77. The molecule has 1 aromatic heterocycles. The third-order valence-electron chi connectivity index (χ3n) is 3.75. The first-order valence-corrected chi connectivity index (χ1v) is 8.76. The van der Waals surface area contributed by atoms with Crippen LogP contribution in [0.2, 0.25) is 0 Å². The Morgan fingerprint density at radius 3 is 2.43 bits per heavy atom. The summed E-state index contributed by atoms with van der Waals surface area (Å²) in [5, 5.41) is 11.0. The van der Waals surface area contributed by atoms with Gasteiger partial charge in [0.05, 0.1) is 18.0 Å². The highest BCUT2D eigenvalue weighted by molar-refractivity contribution is 5.95. The molecule has 0 saturated heterocycles. The fourth-order valence-corrected chi connectivity index (χ4v) is 2.44. The first-order valence-electron chi connectivity index (χ1n) is 8.76. The van der Waals surface area contributed by atoms with E-state index in [0.29, 0.717) is 23.7 Å². The second-order valence-electron chi connectivity index (χ2n) is 5.84. The summed E-state index contributed by atoms with van der Waals surface area (Å²) in [4.78, 5) is 25.6. The molecule has 8 heteroatoms. The Labute approximate surface area is 162 Å². The van der Waals surface area contributed by atoms with E-state index in [1.165, 1.54) is 4.80 Å². The third-order valence-corrected chi connectivity index (χ3v) is 3.75. The van der Waals surface area contributed by atoms with Crippen LogP contribution in [-0.4, -0.2) is 40.1 Å². The summed E-state index contributed by atoms with van der Waals surface area (Å²) in [6.45, 7) is 3.69. The molecule has 3 rings (SSSR count). The molecule has 0 aliphatic rings. The SMILES string of the molecule is CCOc1ccc(NC(=O)COC(=O)c2nn(-c3ccccc3)nc2C)cc1. The van der Waals surface area contributed by atoms with E-state index in [9.17, 15) is 9.59 Å². The van der Waals surface area contributed by atoms with E-state index in [-0.39, 0.29) is 5.69 Å². The van der Waals surface area contributed by atoms with Crippen molar-refractivity contribution in [1.29, 1.82) is 0 Å². The van der Waals surface area contributed by atoms with E-state index >= 15 is 0 Å². The van der Waals surface area contributed by atoms with E-state index in [2.05, 4.69) is 15.5 Å². The molecule has 0 fully saturated rings. The molecule has 0 atom stereocenters. The van der Waals surface area contributed by atoms with Gasteiger partial charge in [-0.2, -0.15) is 9.90 Å². The molecule has 0 radical (unpaired) electrons. The normalized spacial score (nSPS) is 10.4. The zero-order valence-electron chi connectivity index (χ0n) is 15.6. The number of rotatable bonds is 7. The number of amides is 1. The van der Waals surface area contributed by atoms with Crippen LogP contribution < -0.4 is 10.1 Å². The first-order chi connectivity index (χ1) is 13.6. The van der Waals surface area contributed by atoms with Crippen molar-refractivity contribution in [2.45, 2.75) is 13.8 Å². The zero-order valence-corrected chi connectivity index (χ0v) is 15.6. The first kappa shape index (κ1) is 19.1. The maximum atomic E-state index is 12.2. The number of nitrogens with one attached hydrogen (secondary N) is 1. The van der Waals surface area contributed by atoms with E-state index < -0.39 is 18.5 Å². The Hall–Kier alpha value is -3.68. The largest absolute Gasteiger partial charge is 0.494 e. The van der Waals surface area contributed by atoms with Crippen molar-refractivity contribution >= 4 is 17.6 Å². The minimum atomic E-state index is -0.707. The van der Waals surface area contributed by atoms with E-state index in [1.807, 2.05) is 37.3 Å². The molecule has 0 unspecified atom stereocenters. The molecule has 2 aromatic carbocycles. The molecule has 0 aliphatic heterocycles. The Morgan fingerprint density at radius 1 is 1.04 bits per heavy atom. The molecule has 1 N–H and O–H groups in total. The van der Waals surface area contributed by atoms with Gasteiger partial charge < -0.3 is 14.8 Å². The predicted molar refractivity (Wildman–Crippen MR) is 103 cm³/mol. The number of aryl methyl sites for hydroxylation is 1. The molecular weight excluding hydrogens is 360 g/mol. The van der Waals surface area contributed by atoms with Crippen molar-refractivity contribution in [2.75, 3.05) is 18.5 Å². The monoisotopic (exact) mass is 380 g/mol. The number of ether oxygens (including phenoxy) is 2. The van der Waals surface area contributed by atoms with Gasteiger partial charge in [-0.05, 0) is 50.2 Å². The van der Waals surface area contributed by atoms with Crippen molar-refractivity contribution in [3.05, 3.63) is 66.0 Å². The molecule has 0 saturated carbocycles. The summed E-state index contributed by atoms with van der Waals surface area (Å²) in [6, 6.07) is 16.1. The van der Waals surface area contributed by atoms with Gasteiger partial charge in [-0.25, -0.2) is 4.79 Å². The lowest BCUT2D eigenvalue weighted by atomic mass is 10.3. The van der Waals surface area contributed by atoms with Crippen LogP contribution in [0.4, 0.5) is 5.69 Å². The van der Waals surface area contributed by atoms with Gasteiger partial charge in [-0.3, -0.25) is 4.79 Å². The third kappa shape index (κ3) is 4.73. The number of hydrogen-bond donors (Lipinski definition) is 1. The van der Waals surface area contributed by atoms with Gasteiger partial charge in [-0.15, -0.1) is 5.10 Å². The lowest BCUT2D eigenvalue weighted by molar-refractivity contribution is -0.119. The van der Waals surface area contributed by atoms with Gasteiger partial charge in [0.25, 0.3) is 5.91 Å². The fraction of sp³-hybridized carbons (Fsp3) is 0.200. The second kappa shape index (κ2) is 8.81. The molecule has 3 aromatic rings. The Morgan fingerprint density at radius 2 is 1.75 bits per heavy atom. The van der Waals surface area contributed by atoms with Crippen LogP contribution in [0.25, 0.3) is 5.69 Å². The summed E-state index contributed by atoms with van der Waals surface area (Å²) in [7, 11) is 0. The summed E-state index contributed by atoms with van der Waals surface area (Å²) in [5.41, 5.74) is 1.78. The fourth-order valence-electron chi connectivity index (χ4n) is 2.44. The van der Waals surface area contributed by atoms with Gasteiger partial charge in [0.2, 0.25) is 0 Å². The molecular formula is C20H20N4O4. The standard InChI is InChI=1S/C20H20N4O4/c1-3-27-17-11-9-15(10-12-17)21-18(25)13-28-20(26)19-14(2)22-24(23-19)16-7-5-4-6-8-16/h4-12H,3,13H2,1-2H3,(H,21,25). The van der Waals surface area contributed by atoms with Crippen LogP contribution in [0.5, 0.6) is 5.75 Å². The van der Waals surface area contributed by atoms with E-state index in [1.54, 1.807) is 31.2 Å². The summed E-state index contributed by atoms with van der Waals surface area (Å²) in [5.74, 6) is -0.448. The highest BCUT2D eigenvalue weighted by atomic mass is 16.5. The van der Waals surface area contributed by atoms with Crippen molar-refractivity contribution in [1.82, 2.24) is 15.0 Å². The van der Waals surface area contributed by atoms with Gasteiger partial charge in [0.1, 0.15) is 5.75 Å². The zero-order chi connectivity index (χ0) is 19.9. The molecule has 0 aliphatic carbocycles. The molecule has 8 nitrogen and oxygen atoms in total. The number of nitrogens with zero attached hydrogens (tertiary/aromatic N) is 3. The molecule has 144 valence electrons. The number of esters is 1. The topological polar surface area (TPSA) is 95.3 Å². The number of anilines is 1. The maximum absolute atomic E-state index is 12.2. The molecule has 28 heavy (non-hydrogen) atoms. The second-order valence-corrected chi connectivity index (χ2v) is 5.84. The van der Waals surface area contributed by atoms with Crippen LogP contribution in [0.15, 0.2) is 54.6 Å². The lowest BCUT2D eigenvalue weighted by Gasteiger charge is -2.07. The van der Waals surface area contributed by atoms with Gasteiger partial charge in [0, 0.05) is 5.69 Å². The Bertz CT molecular complexity index is 952. The van der Waals surface area contributed by atoms with Gasteiger partial charge in [0.15, 0.2) is 12.3 Å².